The number of benzene rings is 1. The van der Waals surface area contributed by atoms with Crippen molar-refractivity contribution in [3.8, 4) is 0 Å². The summed E-state index contributed by atoms with van der Waals surface area (Å²) in [6, 6.07) is 12.8. The highest BCUT2D eigenvalue weighted by Crippen LogP contribution is 2.28. The summed E-state index contributed by atoms with van der Waals surface area (Å²) in [5, 5.41) is 1.75. The first-order chi connectivity index (χ1) is 11.5. The molecular formula is C17H20N2O3S2. The van der Waals surface area contributed by atoms with Crippen LogP contribution >= 0.6 is 11.3 Å². The first kappa shape index (κ1) is 17.1. The number of rotatable bonds is 4. The minimum absolute atomic E-state index is 0.0349. The monoisotopic (exact) mass is 364 g/mol. The molecule has 3 rings (SSSR count). The Morgan fingerprint density at radius 3 is 2.62 bits per heavy atom. The van der Waals surface area contributed by atoms with E-state index in [1.54, 1.807) is 29.5 Å². The lowest BCUT2D eigenvalue weighted by Crippen LogP contribution is -2.45. The maximum absolute atomic E-state index is 12.8. The molecule has 2 heterocycles. The predicted octanol–water partition coefficient (Wildman–Crippen LogP) is 2.81. The SMILES string of the molecule is CN(C(=O)[C@@H]1CCCN(S(=O)(=O)c2cccs2)C1)c1ccccc1. The number of carbonyl (C=O) groups excluding carboxylic acids is 1. The molecule has 1 amide bonds. The number of thiophene rings is 1. The highest BCUT2D eigenvalue weighted by Gasteiger charge is 2.35. The molecule has 0 saturated carbocycles. The first-order valence-electron chi connectivity index (χ1n) is 7.86. The molecule has 1 aromatic carbocycles. The van der Waals surface area contributed by atoms with E-state index in [2.05, 4.69) is 0 Å². The maximum atomic E-state index is 12.8. The van der Waals surface area contributed by atoms with Crippen LogP contribution in [0.25, 0.3) is 0 Å². The predicted molar refractivity (Wildman–Crippen MR) is 95.7 cm³/mol. The number of piperidine rings is 1. The van der Waals surface area contributed by atoms with E-state index >= 15 is 0 Å². The summed E-state index contributed by atoms with van der Waals surface area (Å²) in [5.41, 5.74) is 0.820. The van der Waals surface area contributed by atoms with E-state index in [9.17, 15) is 13.2 Å². The Labute approximate surface area is 146 Å². The lowest BCUT2D eigenvalue weighted by molar-refractivity contribution is -0.123. The molecule has 1 aliphatic rings. The van der Waals surface area contributed by atoms with Crippen LogP contribution in [0, 0.1) is 5.92 Å². The molecule has 128 valence electrons. The molecule has 7 heteroatoms. The van der Waals surface area contributed by atoms with Gasteiger partial charge in [0.05, 0.1) is 5.92 Å². The highest BCUT2D eigenvalue weighted by atomic mass is 32.2. The van der Waals surface area contributed by atoms with Crippen LogP contribution in [0.2, 0.25) is 0 Å². The van der Waals surface area contributed by atoms with E-state index in [4.69, 9.17) is 0 Å². The van der Waals surface area contributed by atoms with Gasteiger partial charge >= 0.3 is 0 Å². The molecular weight excluding hydrogens is 344 g/mol. The molecule has 0 unspecified atom stereocenters. The summed E-state index contributed by atoms with van der Waals surface area (Å²) >= 11 is 1.21. The molecule has 2 aromatic rings. The second kappa shape index (κ2) is 7.04. The van der Waals surface area contributed by atoms with E-state index in [0.717, 1.165) is 5.69 Å². The third kappa shape index (κ3) is 3.38. The Kier molecular flexibility index (Phi) is 5.03. The van der Waals surface area contributed by atoms with E-state index in [-0.39, 0.29) is 18.4 Å². The number of hydrogen-bond donors (Lipinski definition) is 0. The van der Waals surface area contributed by atoms with Crippen LogP contribution in [0.3, 0.4) is 0 Å². The molecule has 0 bridgehead atoms. The minimum Gasteiger partial charge on any atom is -0.315 e. The Balaban J connectivity index is 1.75. The molecule has 1 aromatic heterocycles. The average molecular weight is 364 g/mol. The van der Waals surface area contributed by atoms with Crippen LogP contribution < -0.4 is 4.90 Å². The molecule has 1 saturated heterocycles. The quantitative estimate of drug-likeness (QED) is 0.838. The molecule has 0 aliphatic carbocycles. The molecule has 0 spiro atoms. The molecule has 1 fully saturated rings. The van der Waals surface area contributed by atoms with Crippen LogP contribution in [-0.4, -0.2) is 38.8 Å². The standard InChI is InChI=1S/C17H20N2O3S2/c1-18(15-8-3-2-4-9-15)17(20)14-7-5-11-19(13-14)24(21,22)16-10-6-12-23-16/h2-4,6,8-10,12,14H,5,7,11,13H2,1H3/t14-/m1/s1. The van der Waals surface area contributed by atoms with E-state index in [0.29, 0.717) is 23.6 Å². The number of hydrogen-bond acceptors (Lipinski definition) is 4. The van der Waals surface area contributed by atoms with Crippen LogP contribution in [-0.2, 0) is 14.8 Å². The van der Waals surface area contributed by atoms with Gasteiger partial charge in [-0.05, 0) is 36.4 Å². The van der Waals surface area contributed by atoms with Crippen molar-refractivity contribution in [1.29, 1.82) is 0 Å². The van der Waals surface area contributed by atoms with E-state index in [1.165, 1.54) is 15.6 Å². The molecule has 5 nitrogen and oxygen atoms in total. The van der Waals surface area contributed by atoms with Gasteiger partial charge in [0, 0.05) is 25.8 Å². The van der Waals surface area contributed by atoms with Gasteiger partial charge in [-0.2, -0.15) is 4.31 Å². The van der Waals surface area contributed by atoms with Crippen LogP contribution in [0.15, 0.2) is 52.1 Å². The zero-order valence-corrected chi connectivity index (χ0v) is 15.1. The third-order valence-corrected chi connectivity index (χ3v) is 7.53. The van der Waals surface area contributed by atoms with Crippen molar-refractivity contribution in [2.45, 2.75) is 17.1 Å². The smallest absolute Gasteiger partial charge is 0.252 e. The summed E-state index contributed by atoms with van der Waals surface area (Å²) in [6.45, 7) is 0.718. The maximum Gasteiger partial charge on any atom is 0.252 e. The third-order valence-electron chi connectivity index (χ3n) is 4.30. The Morgan fingerprint density at radius 1 is 1.21 bits per heavy atom. The van der Waals surface area contributed by atoms with Gasteiger partial charge in [0.1, 0.15) is 4.21 Å². The van der Waals surface area contributed by atoms with Crippen molar-refractivity contribution in [3.63, 3.8) is 0 Å². The summed E-state index contributed by atoms with van der Waals surface area (Å²) in [7, 11) is -1.75. The van der Waals surface area contributed by atoms with Gasteiger partial charge in [-0.3, -0.25) is 4.79 Å². The zero-order valence-electron chi connectivity index (χ0n) is 13.5. The number of carbonyl (C=O) groups is 1. The van der Waals surface area contributed by atoms with E-state index < -0.39 is 10.0 Å². The fourth-order valence-corrected chi connectivity index (χ4v) is 5.62. The molecule has 24 heavy (non-hydrogen) atoms. The van der Waals surface area contributed by atoms with Crippen molar-refractivity contribution < 1.29 is 13.2 Å². The van der Waals surface area contributed by atoms with Gasteiger partial charge in [0.25, 0.3) is 10.0 Å². The van der Waals surface area contributed by atoms with Crippen molar-refractivity contribution in [3.05, 3.63) is 47.8 Å². The Morgan fingerprint density at radius 2 is 1.96 bits per heavy atom. The number of sulfonamides is 1. The Bertz CT molecular complexity index is 789. The lowest BCUT2D eigenvalue weighted by Gasteiger charge is -2.33. The van der Waals surface area contributed by atoms with Gasteiger partial charge in [0.2, 0.25) is 5.91 Å². The topological polar surface area (TPSA) is 57.7 Å². The van der Waals surface area contributed by atoms with Crippen LogP contribution in [0.4, 0.5) is 5.69 Å². The van der Waals surface area contributed by atoms with Crippen LogP contribution in [0.1, 0.15) is 12.8 Å². The fourth-order valence-electron chi connectivity index (χ4n) is 2.95. The lowest BCUT2D eigenvalue weighted by atomic mass is 9.98. The van der Waals surface area contributed by atoms with Gasteiger partial charge < -0.3 is 4.90 Å². The first-order valence-corrected chi connectivity index (χ1v) is 10.2. The number of amides is 1. The van der Waals surface area contributed by atoms with Crippen molar-refractivity contribution in [1.82, 2.24) is 4.31 Å². The van der Waals surface area contributed by atoms with E-state index in [1.807, 2.05) is 30.3 Å². The number of anilines is 1. The van der Waals surface area contributed by atoms with Gasteiger partial charge in [-0.15, -0.1) is 11.3 Å². The minimum atomic E-state index is -3.49. The summed E-state index contributed by atoms with van der Waals surface area (Å²) < 4.78 is 27.1. The molecule has 1 aliphatic heterocycles. The summed E-state index contributed by atoms with van der Waals surface area (Å²) in [4.78, 5) is 14.4. The second-order valence-corrected chi connectivity index (χ2v) is 8.98. The number of para-hydroxylation sites is 1. The largest absolute Gasteiger partial charge is 0.315 e. The fraction of sp³-hybridized carbons (Fsp3) is 0.353. The van der Waals surface area contributed by atoms with Gasteiger partial charge in [-0.25, -0.2) is 8.42 Å². The van der Waals surface area contributed by atoms with Crippen LogP contribution in [0.5, 0.6) is 0 Å². The molecule has 0 N–H and O–H groups in total. The highest BCUT2D eigenvalue weighted by molar-refractivity contribution is 7.91. The number of nitrogens with zero attached hydrogens (tertiary/aromatic N) is 2. The van der Waals surface area contributed by atoms with Crippen molar-refractivity contribution in [2.75, 3.05) is 25.0 Å². The van der Waals surface area contributed by atoms with Gasteiger partial charge in [-0.1, -0.05) is 24.3 Å². The average Bonchev–Trinajstić information content (AvgIpc) is 3.17. The normalized spacial score (nSPS) is 19.1. The molecule has 0 radical (unpaired) electrons. The van der Waals surface area contributed by atoms with Gasteiger partial charge in [0.15, 0.2) is 0 Å². The second-order valence-electron chi connectivity index (χ2n) is 5.87. The van der Waals surface area contributed by atoms with Crippen molar-refractivity contribution in [2.24, 2.45) is 5.92 Å². The molecule has 1 atom stereocenters. The zero-order chi connectivity index (χ0) is 17.2. The van der Waals surface area contributed by atoms with Crippen molar-refractivity contribution >= 4 is 33.0 Å². The Hall–Kier alpha value is -1.70. The summed E-state index contributed by atoms with van der Waals surface area (Å²) in [6.07, 6.45) is 1.41. The summed E-state index contributed by atoms with van der Waals surface area (Å²) in [5.74, 6) is -0.342.